The van der Waals surface area contributed by atoms with Crippen LogP contribution in [0.15, 0.2) is 24.3 Å². The van der Waals surface area contributed by atoms with Gasteiger partial charge in [-0.1, -0.05) is 32.0 Å². The summed E-state index contributed by atoms with van der Waals surface area (Å²) in [4.78, 5) is 12.1. The zero-order valence-corrected chi connectivity index (χ0v) is 14.6. The average molecular weight is 314 g/mol. The molecule has 1 heterocycles. The lowest BCUT2D eigenvalue weighted by atomic mass is 9.99. The number of amides is 1. The van der Waals surface area contributed by atoms with Crippen LogP contribution < -0.4 is 10.5 Å². The minimum absolute atomic E-state index is 0.394. The Bertz CT molecular complexity index is 714. The highest BCUT2D eigenvalue weighted by Crippen LogP contribution is 2.37. The van der Waals surface area contributed by atoms with Gasteiger partial charge in [-0.3, -0.25) is 4.79 Å². The fourth-order valence-electron chi connectivity index (χ4n) is 3.09. The lowest BCUT2D eigenvalue weighted by Crippen LogP contribution is -2.14. The predicted octanol–water partition coefficient (Wildman–Crippen LogP) is 3.93. The maximum atomic E-state index is 12.1. The van der Waals surface area contributed by atoms with E-state index in [-0.39, 0.29) is 0 Å². The summed E-state index contributed by atoms with van der Waals surface area (Å²) in [6, 6.07) is 7.74. The predicted molar refractivity (Wildman–Crippen MR) is 93.9 cm³/mol. The van der Waals surface area contributed by atoms with Crippen LogP contribution in [0, 0.1) is 19.8 Å². The number of para-hydroxylation sites is 1. The largest absolute Gasteiger partial charge is 0.496 e. The molecule has 4 nitrogen and oxygen atoms in total. The summed E-state index contributed by atoms with van der Waals surface area (Å²) in [5.41, 5.74) is 10.1. The van der Waals surface area contributed by atoms with Crippen LogP contribution in [-0.2, 0) is 6.54 Å². The average Bonchev–Trinajstić information content (AvgIpc) is 2.76. The van der Waals surface area contributed by atoms with E-state index < -0.39 is 5.91 Å². The van der Waals surface area contributed by atoms with E-state index in [2.05, 4.69) is 18.4 Å². The summed E-state index contributed by atoms with van der Waals surface area (Å²) in [6.45, 7) is 9.28. The third-order valence-corrected chi connectivity index (χ3v) is 4.34. The van der Waals surface area contributed by atoms with Crippen LogP contribution in [0.3, 0.4) is 0 Å². The van der Waals surface area contributed by atoms with Crippen molar-refractivity contribution in [1.29, 1.82) is 0 Å². The molecule has 0 radical (unpaired) electrons. The van der Waals surface area contributed by atoms with Crippen LogP contribution in [-0.4, -0.2) is 17.6 Å². The molecule has 2 aromatic rings. The third kappa shape index (κ3) is 3.26. The number of hydrogen-bond acceptors (Lipinski definition) is 2. The van der Waals surface area contributed by atoms with Crippen molar-refractivity contribution >= 4 is 5.91 Å². The molecule has 0 spiro atoms. The molecule has 23 heavy (non-hydrogen) atoms. The van der Waals surface area contributed by atoms with Crippen LogP contribution in [0.25, 0.3) is 11.1 Å². The lowest BCUT2D eigenvalue weighted by Gasteiger charge is -2.12. The number of nitrogens with zero attached hydrogens (tertiary/aromatic N) is 1. The fourth-order valence-corrected chi connectivity index (χ4v) is 3.09. The first-order valence-electron chi connectivity index (χ1n) is 8.01. The summed E-state index contributed by atoms with van der Waals surface area (Å²) >= 11 is 0. The van der Waals surface area contributed by atoms with E-state index in [0.29, 0.717) is 11.5 Å². The zero-order chi connectivity index (χ0) is 17.1. The molecule has 124 valence electrons. The van der Waals surface area contributed by atoms with E-state index in [9.17, 15) is 4.79 Å². The van der Waals surface area contributed by atoms with Gasteiger partial charge in [-0.2, -0.15) is 0 Å². The topological polar surface area (TPSA) is 57.2 Å². The highest BCUT2D eigenvalue weighted by Gasteiger charge is 2.24. The maximum Gasteiger partial charge on any atom is 0.251 e. The number of carbonyl (C=O) groups excluding carboxylic acids is 1. The van der Waals surface area contributed by atoms with E-state index in [4.69, 9.17) is 10.5 Å². The van der Waals surface area contributed by atoms with Crippen molar-refractivity contribution in [2.45, 2.75) is 40.7 Å². The summed E-state index contributed by atoms with van der Waals surface area (Å²) in [5.74, 6) is 0.955. The number of rotatable bonds is 6. The number of aromatic nitrogens is 1. The zero-order valence-electron chi connectivity index (χ0n) is 14.6. The Labute approximate surface area is 138 Å². The van der Waals surface area contributed by atoms with Gasteiger partial charge in [0, 0.05) is 29.1 Å². The number of carbonyl (C=O) groups is 1. The van der Waals surface area contributed by atoms with Crippen molar-refractivity contribution in [2.24, 2.45) is 11.7 Å². The summed E-state index contributed by atoms with van der Waals surface area (Å²) in [6.07, 6.45) is 1.06. The summed E-state index contributed by atoms with van der Waals surface area (Å²) < 4.78 is 7.67. The normalized spacial score (nSPS) is 11.0. The van der Waals surface area contributed by atoms with Gasteiger partial charge in [-0.05, 0) is 32.3 Å². The Morgan fingerprint density at radius 1 is 1.22 bits per heavy atom. The highest BCUT2D eigenvalue weighted by atomic mass is 16.5. The second kappa shape index (κ2) is 6.90. The van der Waals surface area contributed by atoms with Gasteiger partial charge in [0.15, 0.2) is 0 Å². The molecule has 1 amide bonds. The highest BCUT2D eigenvalue weighted by molar-refractivity contribution is 6.02. The maximum absolute atomic E-state index is 12.1. The summed E-state index contributed by atoms with van der Waals surface area (Å²) in [7, 11) is 1.64. The van der Waals surface area contributed by atoms with Gasteiger partial charge < -0.3 is 15.0 Å². The summed E-state index contributed by atoms with van der Waals surface area (Å²) in [5, 5.41) is 0. The molecule has 2 rings (SSSR count). The van der Waals surface area contributed by atoms with E-state index in [0.717, 1.165) is 41.2 Å². The monoisotopic (exact) mass is 314 g/mol. The van der Waals surface area contributed by atoms with Crippen LogP contribution >= 0.6 is 0 Å². The molecular weight excluding hydrogens is 288 g/mol. The number of nitrogens with two attached hydrogens (primary N) is 1. The fraction of sp³-hybridized carbons (Fsp3) is 0.421. The number of primary amides is 1. The van der Waals surface area contributed by atoms with Gasteiger partial charge in [0.1, 0.15) is 5.75 Å². The number of ether oxygens (including phenoxy) is 1. The van der Waals surface area contributed by atoms with Crippen LogP contribution in [0.1, 0.15) is 42.0 Å². The van der Waals surface area contributed by atoms with Gasteiger partial charge in [0.25, 0.3) is 5.91 Å². The van der Waals surface area contributed by atoms with Crippen molar-refractivity contribution in [3.8, 4) is 16.9 Å². The molecule has 1 aromatic heterocycles. The minimum atomic E-state index is -0.394. The van der Waals surface area contributed by atoms with E-state index in [1.165, 1.54) is 0 Å². The van der Waals surface area contributed by atoms with Gasteiger partial charge in [0.2, 0.25) is 0 Å². The van der Waals surface area contributed by atoms with Gasteiger partial charge >= 0.3 is 0 Å². The molecule has 0 fully saturated rings. The molecule has 0 bridgehead atoms. The number of methoxy groups -OCH3 is 1. The standard InChI is InChI=1S/C19H26N2O2/c1-12(2)10-11-21-13(3)17(18(14(21)4)19(20)22)15-8-6-7-9-16(15)23-5/h6-9,12H,10-11H2,1-5H3,(H2,20,22). The Kier molecular flexibility index (Phi) is 5.14. The second-order valence-corrected chi connectivity index (χ2v) is 6.32. The first-order chi connectivity index (χ1) is 10.9. The van der Waals surface area contributed by atoms with Gasteiger partial charge in [0.05, 0.1) is 12.7 Å². The van der Waals surface area contributed by atoms with Crippen LogP contribution in [0.5, 0.6) is 5.75 Å². The quantitative estimate of drug-likeness (QED) is 0.878. The van der Waals surface area contributed by atoms with Crippen molar-refractivity contribution in [2.75, 3.05) is 7.11 Å². The van der Waals surface area contributed by atoms with Crippen molar-refractivity contribution < 1.29 is 9.53 Å². The second-order valence-electron chi connectivity index (χ2n) is 6.32. The van der Waals surface area contributed by atoms with Gasteiger partial charge in [-0.25, -0.2) is 0 Å². The lowest BCUT2D eigenvalue weighted by molar-refractivity contribution is 0.1000. The Morgan fingerprint density at radius 2 is 1.87 bits per heavy atom. The first-order valence-corrected chi connectivity index (χ1v) is 8.01. The SMILES string of the molecule is COc1ccccc1-c1c(C(N)=O)c(C)n(CCC(C)C)c1C. The molecule has 0 unspecified atom stereocenters. The van der Waals surface area contributed by atoms with Crippen molar-refractivity contribution in [1.82, 2.24) is 4.57 Å². The molecule has 0 saturated heterocycles. The van der Waals surface area contributed by atoms with Crippen molar-refractivity contribution in [3.63, 3.8) is 0 Å². The first kappa shape index (κ1) is 17.1. The van der Waals surface area contributed by atoms with E-state index >= 15 is 0 Å². The molecule has 2 N–H and O–H groups in total. The molecular formula is C19H26N2O2. The van der Waals surface area contributed by atoms with Crippen molar-refractivity contribution in [3.05, 3.63) is 41.2 Å². The van der Waals surface area contributed by atoms with Crippen LogP contribution in [0.2, 0.25) is 0 Å². The minimum Gasteiger partial charge on any atom is -0.496 e. The Morgan fingerprint density at radius 3 is 2.43 bits per heavy atom. The van der Waals surface area contributed by atoms with E-state index in [1.54, 1.807) is 7.11 Å². The molecule has 0 aliphatic carbocycles. The Balaban J connectivity index is 2.67. The molecule has 1 aromatic carbocycles. The third-order valence-electron chi connectivity index (χ3n) is 4.34. The van der Waals surface area contributed by atoms with Gasteiger partial charge in [-0.15, -0.1) is 0 Å². The molecule has 0 aliphatic heterocycles. The van der Waals surface area contributed by atoms with E-state index in [1.807, 2.05) is 38.1 Å². The molecule has 0 saturated carbocycles. The number of benzene rings is 1. The molecule has 4 heteroatoms. The Hall–Kier alpha value is -2.23. The van der Waals surface area contributed by atoms with Crippen LogP contribution in [0.4, 0.5) is 0 Å². The smallest absolute Gasteiger partial charge is 0.251 e. The number of hydrogen-bond donors (Lipinski definition) is 1. The molecule has 0 aliphatic rings. The molecule has 0 atom stereocenters.